The molecule has 0 heterocycles. The summed E-state index contributed by atoms with van der Waals surface area (Å²) < 4.78 is 40.2. The van der Waals surface area contributed by atoms with Gasteiger partial charge in [0, 0.05) is 12.8 Å². The first-order valence-electron chi connectivity index (χ1n) is 7.95. The van der Waals surface area contributed by atoms with E-state index in [1.807, 2.05) is 18.2 Å². The molecule has 3 rings (SSSR count). The molecular formula is C21H19F3. The Hall–Kier alpha value is -2.29. The van der Waals surface area contributed by atoms with Crippen LogP contribution in [0.25, 0.3) is 11.1 Å². The van der Waals surface area contributed by atoms with Crippen LogP contribution >= 0.6 is 0 Å². The number of fused-ring (bicyclic) bond motifs is 1. The Morgan fingerprint density at radius 2 is 1.50 bits per heavy atom. The molecule has 0 fully saturated rings. The number of hydrogen-bond donors (Lipinski definition) is 0. The van der Waals surface area contributed by atoms with Crippen molar-refractivity contribution in [1.29, 1.82) is 0 Å². The standard InChI is InChI=1S/C21H19F3/c1-14(16-4-3-5-20(22)11-16)6-7-15(2)17-8-9-18-12-21(23,24)13-19(18)10-17/h3-5,8-11H,1-2,6-7,12-13H2. The Kier molecular flexibility index (Phi) is 4.35. The highest BCUT2D eigenvalue weighted by atomic mass is 19.3. The van der Waals surface area contributed by atoms with E-state index < -0.39 is 5.92 Å². The quantitative estimate of drug-likeness (QED) is 0.625. The predicted octanol–water partition coefficient (Wildman–Crippen LogP) is 6.07. The first-order valence-corrected chi connectivity index (χ1v) is 7.95. The van der Waals surface area contributed by atoms with E-state index in [2.05, 4.69) is 13.2 Å². The predicted molar refractivity (Wildman–Crippen MR) is 92.5 cm³/mol. The van der Waals surface area contributed by atoms with E-state index in [0.717, 1.165) is 27.8 Å². The van der Waals surface area contributed by atoms with Gasteiger partial charge in [-0.25, -0.2) is 13.2 Å². The summed E-state index contributed by atoms with van der Waals surface area (Å²) in [6.07, 6.45) is 0.935. The van der Waals surface area contributed by atoms with Crippen LogP contribution in [0.4, 0.5) is 13.2 Å². The van der Waals surface area contributed by atoms with E-state index in [1.54, 1.807) is 12.1 Å². The van der Waals surface area contributed by atoms with Crippen LogP contribution in [0.15, 0.2) is 55.6 Å². The number of rotatable bonds is 5. The summed E-state index contributed by atoms with van der Waals surface area (Å²) in [5.41, 5.74) is 4.81. The van der Waals surface area contributed by atoms with Gasteiger partial charge in [-0.1, -0.05) is 43.5 Å². The fourth-order valence-corrected chi connectivity index (χ4v) is 3.10. The third-order valence-corrected chi connectivity index (χ3v) is 4.47. The molecule has 124 valence electrons. The maximum Gasteiger partial charge on any atom is 0.256 e. The molecule has 2 aromatic carbocycles. The van der Waals surface area contributed by atoms with Gasteiger partial charge in [-0.15, -0.1) is 0 Å². The third-order valence-electron chi connectivity index (χ3n) is 4.47. The summed E-state index contributed by atoms with van der Waals surface area (Å²) in [5.74, 6) is -2.92. The lowest BCUT2D eigenvalue weighted by Gasteiger charge is -2.10. The molecule has 3 heteroatoms. The van der Waals surface area contributed by atoms with Crippen LogP contribution in [0, 0.1) is 5.82 Å². The SMILES string of the molecule is C=C(CCC(=C)c1ccc2c(c1)CC(F)(F)C2)c1cccc(F)c1. The molecular weight excluding hydrogens is 309 g/mol. The highest BCUT2D eigenvalue weighted by molar-refractivity contribution is 5.69. The molecule has 0 spiro atoms. The van der Waals surface area contributed by atoms with Crippen LogP contribution < -0.4 is 0 Å². The second-order valence-corrected chi connectivity index (χ2v) is 6.41. The molecule has 0 aromatic heterocycles. The van der Waals surface area contributed by atoms with Gasteiger partial charge < -0.3 is 0 Å². The Labute approximate surface area is 140 Å². The van der Waals surface area contributed by atoms with Crippen LogP contribution in [0.2, 0.25) is 0 Å². The zero-order chi connectivity index (χ0) is 17.3. The molecule has 0 N–H and O–H groups in total. The van der Waals surface area contributed by atoms with Gasteiger partial charge in [-0.05, 0) is 58.4 Å². The second kappa shape index (κ2) is 6.31. The van der Waals surface area contributed by atoms with E-state index in [9.17, 15) is 13.2 Å². The summed E-state index contributed by atoms with van der Waals surface area (Å²) >= 11 is 0. The van der Waals surface area contributed by atoms with Crippen molar-refractivity contribution in [3.63, 3.8) is 0 Å². The number of alkyl halides is 2. The Balaban J connectivity index is 1.65. The van der Waals surface area contributed by atoms with E-state index in [-0.39, 0.29) is 18.7 Å². The van der Waals surface area contributed by atoms with E-state index in [4.69, 9.17) is 0 Å². The van der Waals surface area contributed by atoms with Crippen LogP contribution in [-0.4, -0.2) is 5.92 Å². The Morgan fingerprint density at radius 1 is 0.875 bits per heavy atom. The maximum absolute atomic E-state index is 13.5. The van der Waals surface area contributed by atoms with Crippen LogP contribution in [0.5, 0.6) is 0 Å². The van der Waals surface area contributed by atoms with Gasteiger partial charge in [0.05, 0.1) is 0 Å². The lowest BCUT2D eigenvalue weighted by atomic mass is 9.95. The van der Waals surface area contributed by atoms with Gasteiger partial charge in [0.1, 0.15) is 5.82 Å². The molecule has 0 amide bonds. The van der Waals surface area contributed by atoms with Crippen molar-refractivity contribution in [3.8, 4) is 0 Å². The molecule has 0 saturated carbocycles. The van der Waals surface area contributed by atoms with Gasteiger partial charge in [0.15, 0.2) is 0 Å². The average molecular weight is 328 g/mol. The van der Waals surface area contributed by atoms with Crippen LogP contribution in [0.1, 0.15) is 35.1 Å². The number of halogens is 3. The number of hydrogen-bond acceptors (Lipinski definition) is 0. The minimum Gasteiger partial charge on any atom is -0.207 e. The molecule has 0 bridgehead atoms. The van der Waals surface area contributed by atoms with E-state index in [0.29, 0.717) is 18.4 Å². The minimum atomic E-state index is -2.63. The van der Waals surface area contributed by atoms with Crippen molar-refractivity contribution in [1.82, 2.24) is 0 Å². The summed E-state index contributed by atoms with van der Waals surface area (Å²) in [7, 11) is 0. The Bertz CT molecular complexity index is 802. The van der Waals surface area contributed by atoms with Gasteiger partial charge in [0.25, 0.3) is 5.92 Å². The van der Waals surface area contributed by atoms with Gasteiger partial charge >= 0.3 is 0 Å². The smallest absolute Gasteiger partial charge is 0.207 e. The molecule has 2 aromatic rings. The average Bonchev–Trinajstić information content (AvgIpc) is 2.85. The Morgan fingerprint density at radius 3 is 2.17 bits per heavy atom. The molecule has 0 nitrogen and oxygen atoms in total. The summed E-state index contributed by atoms with van der Waals surface area (Å²) in [4.78, 5) is 0. The van der Waals surface area contributed by atoms with Gasteiger partial charge in [0.2, 0.25) is 0 Å². The first kappa shape index (κ1) is 16.6. The van der Waals surface area contributed by atoms with Crippen molar-refractivity contribution in [2.24, 2.45) is 0 Å². The largest absolute Gasteiger partial charge is 0.256 e. The summed E-state index contributed by atoms with van der Waals surface area (Å²) in [6, 6.07) is 11.8. The summed E-state index contributed by atoms with van der Waals surface area (Å²) in [6.45, 7) is 8.07. The normalized spacial score (nSPS) is 15.1. The monoisotopic (exact) mass is 328 g/mol. The minimum absolute atomic E-state index is 0.175. The first-order chi connectivity index (χ1) is 11.3. The van der Waals surface area contributed by atoms with Gasteiger partial charge in [-0.2, -0.15) is 0 Å². The fourth-order valence-electron chi connectivity index (χ4n) is 3.10. The molecule has 24 heavy (non-hydrogen) atoms. The number of allylic oxidation sites excluding steroid dienone is 2. The number of benzene rings is 2. The fraction of sp³-hybridized carbons (Fsp3) is 0.238. The van der Waals surface area contributed by atoms with Crippen molar-refractivity contribution >= 4 is 11.1 Å². The molecule has 1 aliphatic rings. The highest BCUT2D eigenvalue weighted by Gasteiger charge is 2.37. The van der Waals surface area contributed by atoms with Crippen molar-refractivity contribution in [2.75, 3.05) is 0 Å². The van der Waals surface area contributed by atoms with Gasteiger partial charge in [-0.3, -0.25) is 0 Å². The van der Waals surface area contributed by atoms with Crippen molar-refractivity contribution < 1.29 is 13.2 Å². The zero-order valence-corrected chi connectivity index (χ0v) is 13.4. The maximum atomic E-state index is 13.5. The highest BCUT2D eigenvalue weighted by Crippen LogP contribution is 2.36. The van der Waals surface area contributed by atoms with Crippen molar-refractivity contribution in [2.45, 2.75) is 31.6 Å². The zero-order valence-electron chi connectivity index (χ0n) is 13.4. The molecule has 0 aliphatic heterocycles. The molecule has 1 aliphatic carbocycles. The van der Waals surface area contributed by atoms with E-state index >= 15 is 0 Å². The second-order valence-electron chi connectivity index (χ2n) is 6.41. The van der Waals surface area contributed by atoms with Crippen molar-refractivity contribution in [3.05, 3.63) is 83.7 Å². The van der Waals surface area contributed by atoms with E-state index in [1.165, 1.54) is 12.1 Å². The molecule has 0 radical (unpaired) electrons. The molecule has 0 atom stereocenters. The lowest BCUT2D eigenvalue weighted by molar-refractivity contribution is 0.0130. The van der Waals surface area contributed by atoms with Crippen LogP contribution in [0.3, 0.4) is 0 Å². The topological polar surface area (TPSA) is 0 Å². The summed E-state index contributed by atoms with van der Waals surface area (Å²) in [5, 5.41) is 0. The van der Waals surface area contributed by atoms with Crippen LogP contribution in [-0.2, 0) is 12.8 Å². The molecule has 0 unspecified atom stereocenters. The third kappa shape index (κ3) is 3.61. The lowest BCUT2D eigenvalue weighted by Crippen LogP contribution is -2.14. The molecule has 0 saturated heterocycles.